The summed E-state index contributed by atoms with van der Waals surface area (Å²) in [7, 11) is 0. The Morgan fingerprint density at radius 3 is 1.96 bits per heavy atom. The lowest BCUT2D eigenvalue weighted by molar-refractivity contribution is -0.156. The van der Waals surface area contributed by atoms with Crippen molar-refractivity contribution in [3.63, 3.8) is 0 Å². The molecule has 0 aliphatic rings. The Hall–Kier alpha value is -1.50. The van der Waals surface area contributed by atoms with Crippen molar-refractivity contribution < 1.29 is 19.1 Å². The van der Waals surface area contributed by atoms with Gasteiger partial charge in [-0.3, -0.25) is 9.59 Å². The fourth-order valence-corrected chi connectivity index (χ4v) is 2.12. The van der Waals surface area contributed by atoms with Gasteiger partial charge >= 0.3 is 11.9 Å². The zero-order valence-electron chi connectivity index (χ0n) is 15.5. The van der Waals surface area contributed by atoms with E-state index in [-0.39, 0.29) is 30.8 Å². The van der Waals surface area contributed by atoms with Crippen molar-refractivity contribution in [1.82, 2.24) is 0 Å². The monoisotopic (exact) mass is 324 g/mol. The van der Waals surface area contributed by atoms with Crippen molar-refractivity contribution in [2.45, 2.75) is 85.9 Å². The first-order valence-corrected chi connectivity index (χ1v) is 8.67. The van der Waals surface area contributed by atoms with Crippen LogP contribution in [0.25, 0.3) is 0 Å². The fraction of sp³-hybridized carbons (Fsp3) is 0.789. The Labute approximate surface area is 141 Å². The first-order chi connectivity index (χ1) is 10.8. The van der Waals surface area contributed by atoms with Crippen molar-refractivity contribution in [3.05, 3.63) is 0 Å². The zero-order valence-corrected chi connectivity index (χ0v) is 15.5. The van der Waals surface area contributed by atoms with E-state index in [0.29, 0.717) is 12.3 Å². The molecule has 2 atom stereocenters. The molecule has 0 aliphatic heterocycles. The van der Waals surface area contributed by atoms with Crippen LogP contribution in [0.4, 0.5) is 0 Å². The number of hydrogen-bond donors (Lipinski definition) is 0. The average Bonchev–Trinajstić information content (AvgIpc) is 2.47. The quantitative estimate of drug-likeness (QED) is 0.473. The van der Waals surface area contributed by atoms with Crippen molar-refractivity contribution in [1.29, 1.82) is 0 Å². The molecular weight excluding hydrogens is 292 g/mol. The molecule has 0 fully saturated rings. The number of hydrogen-bond acceptors (Lipinski definition) is 4. The summed E-state index contributed by atoms with van der Waals surface area (Å²) < 4.78 is 10.7. The van der Waals surface area contributed by atoms with Crippen molar-refractivity contribution in [2.24, 2.45) is 11.8 Å². The van der Waals surface area contributed by atoms with Gasteiger partial charge in [-0.05, 0) is 24.7 Å². The van der Waals surface area contributed by atoms with Gasteiger partial charge in [0.25, 0.3) is 0 Å². The molecule has 23 heavy (non-hydrogen) atoms. The summed E-state index contributed by atoms with van der Waals surface area (Å²) in [5, 5.41) is 0. The number of esters is 2. The molecule has 0 aliphatic carbocycles. The zero-order chi connectivity index (χ0) is 17.8. The van der Waals surface area contributed by atoms with Gasteiger partial charge in [-0.25, -0.2) is 0 Å². The largest absolute Gasteiger partial charge is 0.462 e. The van der Waals surface area contributed by atoms with Gasteiger partial charge in [-0.1, -0.05) is 53.4 Å². The molecular formula is C19H32O4. The van der Waals surface area contributed by atoms with E-state index < -0.39 is 12.1 Å². The van der Waals surface area contributed by atoms with Crippen molar-refractivity contribution >= 4 is 11.9 Å². The van der Waals surface area contributed by atoms with E-state index in [1.165, 1.54) is 0 Å². The van der Waals surface area contributed by atoms with Crippen LogP contribution in [0.5, 0.6) is 0 Å². The minimum absolute atomic E-state index is 0.0375. The third-order valence-electron chi connectivity index (χ3n) is 3.36. The molecule has 0 spiro atoms. The third-order valence-corrected chi connectivity index (χ3v) is 3.36. The molecule has 0 bridgehead atoms. The van der Waals surface area contributed by atoms with E-state index >= 15 is 0 Å². The first kappa shape index (κ1) is 21.5. The Kier molecular flexibility index (Phi) is 11.2. The highest BCUT2D eigenvalue weighted by atomic mass is 16.5. The molecule has 0 rings (SSSR count). The van der Waals surface area contributed by atoms with Crippen LogP contribution in [0.15, 0.2) is 0 Å². The molecule has 132 valence electrons. The summed E-state index contributed by atoms with van der Waals surface area (Å²) in [6, 6.07) is 0. The Bertz CT molecular complexity index is 415. The van der Waals surface area contributed by atoms with Gasteiger partial charge in [0.15, 0.2) is 6.10 Å². The summed E-state index contributed by atoms with van der Waals surface area (Å²) in [5.41, 5.74) is 0. The summed E-state index contributed by atoms with van der Waals surface area (Å²) in [5.74, 6) is 5.84. The van der Waals surface area contributed by atoms with Gasteiger partial charge in [0.05, 0.1) is 12.8 Å². The molecule has 4 nitrogen and oxygen atoms in total. The van der Waals surface area contributed by atoms with Crippen LogP contribution >= 0.6 is 0 Å². The Morgan fingerprint density at radius 2 is 1.52 bits per heavy atom. The SMILES string of the molecule is CCC#CC(CC(C)C)OC(=O)CCC(=O)OC(CC)C(C)C. The van der Waals surface area contributed by atoms with Crippen LogP contribution in [0, 0.1) is 23.7 Å². The van der Waals surface area contributed by atoms with Crippen molar-refractivity contribution in [2.75, 3.05) is 0 Å². The number of carbonyl (C=O) groups excluding carboxylic acids is 2. The van der Waals surface area contributed by atoms with Gasteiger partial charge in [0.1, 0.15) is 6.10 Å². The van der Waals surface area contributed by atoms with E-state index in [9.17, 15) is 9.59 Å². The maximum atomic E-state index is 11.9. The first-order valence-electron chi connectivity index (χ1n) is 8.67. The molecule has 0 heterocycles. The highest BCUT2D eigenvalue weighted by Gasteiger charge is 2.19. The number of ether oxygens (including phenoxy) is 2. The lowest BCUT2D eigenvalue weighted by Gasteiger charge is -2.19. The molecule has 4 heteroatoms. The molecule has 2 unspecified atom stereocenters. The van der Waals surface area contributed by atoms with Gasteiger partial charge in [-0.15, -0.1) is 0 Å². The summed E-state index contributed by atoms with van der Waals surface area (Å²) in [6.07, 6.45) is 1.81. The second-order valence-electron chi connectivity index (χ2n) is 6.46. The smallest absolute Gasteiger partial charge is 0.307 e. The van der Waals surface area contributed by atoms with E-state index in [1.807, 2.05) is 27.7 Å². The van der Waals surface area contributed by atoms with Gasteiger partial charge < -0.3 is 9.47 Å². The Morgan fingerprint density at radius 1 is 0.957 bits per heavy atom. The second-order valence-corrected chi connectivity index (χ2v) is 6.46. The number of rotatable bonds is 9. The highest BCUT2D eigenvalue weighted by Crippen LogP contribution is 2.13. The molecule has 0 saturated carbocycles. The molecule has 0 radical (unpaired) electrons. The molecule has 0 aromatic heterocycles. The van der Waals surface area contributed by atoms with E-state index in [0.717, 1.165) is 12.8 Å². The summed E-state index contributed by atoms with van der Waals surface area (Å²) in [4.78, 5) is 23.7. The van der Waals surface area contributed by atoms with Gasteiger partial charge in [0.2, 0.25) is 0 Å². The lowest BCUT2D eigenvalue weighted by atomic mass is 10.1. The van der Waals surface area contributed by atoms with Crippen molar-refractivity contribution in [3.8, 4) is 11.8 Å². The van der Waals surface area contributed by atoms with Crippen LogP contribution in [-0.4, -0.2) is 24.1 Å². The average molecular weight is 324 g/mol. The Balaban J connectivity index is 4.33. The maximum absolute atomic E-state index is 11.9. The molecule has 0 aromatic rings. The van der Waals surface area contributed by atoms with E-state index in [4.69, 9.17) is 9.47 Å². The fourth-order valence-electron chi connectivity index (χ4n) is 2.12. The standard InChI is InChI=1S/C19H32O4/c1-7-9-10-16(13-14(3)4)22-18(20)11-12-19(21)23-17(8-2)15(5)6/h14-17H,7-8,11-13H2,1-6H3. The summed E-state index contributed by atoms with van der Waals surface area (Å²) in [6.45, 7) is 12.1. The second kappa shape index (κ2) is 12.0. The molecule has 0 N–H and O–H groups in total. The third kappa shape index (κ3) is 10.8. The van der Waals surface area contributed by atoms with Gasteiger partial charge in [0, 0.05) is 6.42 Å². The van der Waals surface area contributed by atoms with Gasteiger partial charge in [-0.2, -0.15) is 0 Å². The summed E-state index contributed by atoms with van der Waals surface area (Å²) >= 11 is 0. The normalized spacial score (nSPS) is 13.2. The lowest BCUT2D eigenvalue weighted by Crippen LogP contribution is -2.24. The molecule has 0 saturated heterocycles. The van der Waals surface area contributed by atoms with Crippen LogP contribution in [-0.2, 0) is 19.1 Å². The predicted molar refractivity (Wildman–Crippen MR) is 91.6 cm³/mol. The maximum Gasteiger partial charge on any atom is 0.307 e. The van der Waals surface area contributed by atoms with E-state index in [1.54, 1.807) is 0 Å². The minimum atomic E-state index is -0.393. The minimum Gasteiger partial charge on any atom is -0.462 e. The topological polar surface area (TPSA) is 52.6 Å². The van der Waals surface area contributed by atoms with Crippen LogP contribution < -0.4 is 0 Å². The van der Waals surface area contributed by atoms with E-state index in [2.05, 4.69) is 25.7 Å². The van der Waals surface area contributed by atoms with Crippen LogP contribution in [0.3, 0.4) is 0 Å². The van der Waals surface area contributed by atoms with Crippen LogP contribution in [0.2, 0.25) is 0 Å². The molecule has 0 aromatic carbocycles. The number of carbonyl (C=O) groups is 2. The van der Waals surface area contributed by atoms with Crippen LogP contribution in [0.1, 0.15) is 73.6 Å². The predicted octanol–water partition coefficient (Wildman–Crippen LogP) is 4.12. The molecule has 0 amide bonds. The highest BCUT2D eigenvalue weighted by molar-refractivity contribution is 5.77.